The number of esters is 1. The number of fused-ring (bicyclic) bond motifs is 1. The van der Waals surface area contributed by atoms with E-state index in [4.69, 9.17) is 4.74 Å². The van der Waals surface area contributed by atoms with Gasteiger partial charge in [-0.25, -0.2) is 9.78 Å². The van der Waals surface area contributed by atoms with E-state index in [-0.39, 0.29) is 5.97 Å². The molecule has 0 amide bonds. The number of ether oxygens (including phenoxy) is 1. The molecular formula is C17H19NO2S. The van der Waals surface area contributed by atoms with Crippen molar-refractivity contribution in [3.05, 3.63) is 51.0 Å². The monoisotopic (exact) mass is 301 g/mol. The Kier molecular flexibility index (Phi) is 4.06. The molecule has 4 heteroatoms. The quantitative estimate of drug-likeness (QED) is 0.807. The first-order chi connectivity index (χ1) is 10.2. The molecule has 1 aromatic carbocycles. The summed E-state index contributed by atoms with van der Waals surface area (Å²) in [6.07, 6.45) is 3.21. The molecular weight excluding hydrogens is 282 g/mol. The average Bonchev–Trinajstić information content (AvgIpc) is 2.89. The molecule has 2 aromatic rings. The van der Waals surface area contributed by atoms with Crippen LogP contribution in [0.25, 0.3) is 0 Å². The number of thiazole rings is 1. The lowest BCUT2D eigenvalue weighted by Gasteiger charge is -2.22. The summed E-state index contributed by atoms with van der Waals surface area (Å²) < 4.78 is 5.07. The van der Waals surface area contributed by atoms with Gasteiger partial charge in [0.15, 0.2) is 5.69 Å². The molecule has 0 fully saturated rings. The SMILES string of the molecule is CCOC(=O)c1nc(C2CCc3ccccc3C2)sc1C. The second-order valence-electron chi connectivity index (χ2n) is 5.39. The van der Waals surface area contributed by atoms with Gasteiger partial charge in [0, 0.05) is 10.8 Å². The molecule has 0 saturated carbocycles. The molecule has 0 spiro atoms. The Balaban J connectivity index is 1.83. The van der Waals surface area contributed by atoms with E-state index >= 15 is 0 Å². The normalized spacial score (nSPS) is 17.3. The first kappa shape index (κ1) is 14.3. The third kappa shape index (κ3) is 2.86. The first-order valence-corrected chi connectivity index (χ1v) is 8.22. The minimum Gasteiger partial charge on any atom is -0.461 e. The Labute approximate surface area is 129 Å². The number of rotatable bonds is 3. The van der Waals surface area contributed by atoms with Crippen LogP contribution in [0, 0.1) is 6.92 Å². The molecule has 3 rings (SSSR count). The lowest BCUT2D eigenvalue weighted by Crippen LogP contribution is -2.13. The highest BCUT2D eigenvalue weighted by molar-refractivity contribution is 7.12. The maximum Gasteiger partial charge on any atom is 0.358 e. The lowest BCUT2D eigenvalue weighted by atomic mass is 9.84. The summed E-state index contributed by atoms with van der Waals surface area (Å²) in [4.78, 5) is 17.4. The molecule has 1 aromatic heterocycles. The van der Waals surface area contributed by atoms with E-state index in [1.807, 2.05) is 13.8 Å². The van der Waals surface area contributed by atoms with Crippen LogP contribution in [0.15, 0.2) is 24.3 Å². The fraction of sp³-hybridized carbons (Fsp3) is 0.412. The summed E-state index contributed by atoms with van der Waals surface area (Å²) in [5.41, 5.74) is 3.36. The van der Waals surface area contributed by atoms with Gasteiger partial charge < -0.3 is 4.74 Å². The molecule has 0 radical (unpaired) electrons. The number of carbonyl (C=O) groups is 1. The van der Waals surface area contributed by atoms with E-state index in [1.54, 1.807) is 11.3 Å². The number of aromatic nitrogens is 1. The number of hydrogen-bond acceptors (Lipinski definition) is 4. The van der Waals surface area contributed by atoms with Gasteiger partial charge in [-0.05, 0) is 44.2 Å². The van der Waals surface area contributed by atoms with Gasteiger partial charge in [0.25, 0.3) is 0 Å². The number of nitrogens with zero attached hydrogens (tertiary/aromatic N) is 1. The van der Waals surface area contributed by atoms with Crippen LogP contribution in [0.1, 0.15) is 50.8 Å². The van der Waals surface area contributed by atoms with Crippen molar-refractivity contribution in [2.45, 2.75) is 39.0 Å². The Bertz CT molecular complexity index is 663. The summed E-state index contributed by atoms with van der Waals surface area (Å²) >= 11 is 1.64. The number of benzene rings is 1. The van der Waals surface area contributed by atoms with Crippen molar-refractivity contribution in [2.24, 2.45) is 0 Å². The average molecular weight is 301 g/mol. The molecule has 3 nitrogen and oxygen atoms in total. The molecule has 0 N–H and O–H groups in total. The van der Waals surface area contributed by atoms with Crippen molar-refractivity contribution in [1.29, 1.82) is 0 Å². The summed E-state index contributed by atoms with van der Waals surface area (Å²) in [7, 11) is 0. The molecule has 1 unspecified atom stereocenters. The van der Waals surface area contributed by atoms with Crippen LogP contribution in [-0.4, -0.2) is 17.6 Å². The molecule has 1 heterocycles. The second kappa shape index (κ2) is 5.98. The van der Waals surface area contributed by atoms with E-state index in [0.717, 1.165) is 29.1 Å². The summed E-state index contributed by atoms with van der Waals surface area (Å²) in [5, 5.41) is 1.07. The van der Waals surface area contributed by atoms with Crippen LogP contribution in [0.3, 0.4) is 0 Å². The van der Waals surface area contributed by atoms with Crippen molar-refractivity contribution in [3.8, 4) is 0 Å². The molecule has 1 aliphatic rings. The Morgan fingerprint density at radius 1 is 1.38 bits per heavy atom. The highest BCUT2D eigenvalue weighted by Crippen LogP contribution is 2.35. The summed E-state index contributed by atoms with van der Waals surface area (Å²) in [6.45, 7) is 4.16. The Morgan fingerprint density at radius 3 is 2.90 bits per heavy atom. The van der Waals surface area contributed by atoms with Crippen LogP contribution in [0.5, 0.6) is 0 Å². The van der Waals surface area contributed by atoms with Crippen LogP contribution < -0.4 is 0 Å². The van der Waals surface area contributed by atoms with Crippen molar-refractivity contribution in [1.82, 2.24) is 4.98 Å². The van der Waals surface area contributed by atoms with Gasteiger partial charge in [0.1, 0.15) is 0 Å². The van der Waals surface area contributed by atoms with Gasteiger partial charge in [-0.3, -0.25) is 0 Å². The van der Waals surface area contributed by atoms with Gasteiger partial charge in [-0.15, -0.1) is 11.3 Å². The van der Waals surface area contributed by atoms with Crippen LogP contribution >= 0.6 is 11.3 Å². The zero-order valence-corrected chi connectivity index (χ0v) is 13.2. The third-order valence-electron chi connectivity index (χ3n) is 3.98. The number of aryl methyl sites for hydroxylation is 2. The van der Waals surface area contributed by atoms with E-state index in [9.17, 15) is 4.79 Å². The minimum atomic E-state index is -0.297. The van der Waals surface area contributed by atoms with E-state index in [2.05, 4.69) is 29.2 Å². The fourth-order valence-electron chi connectivity index (χ4n) is 2.89. The lowest BCUT2D eigenvalue weighted by molar-refractivity contribution is 0.0519. The van der Waals surface area contributed by atoms with Gasteiger partial charge in [0.2, 0.25) is 0 Å². The van der Waals surface area contributed by atoms with Crippen LogP contribution in [-0.2, 0) is 17.6 Å². The molecule has 0 saturated heterocycles. The second-order valence-corrected chi connectivity index (χ2v) is 6.62. The highest BCUT2D eigenvalue weighted by Gasteiger charge is 2.25. The molecule has 21 heavy (non-hydrogen) atoms. The summed E-state index contributed by atoms with van der Waals surface area (Å²) in [5.74, 6) is 0.125. The van der Waals surface area contributed by atoms with Crippen LogP contribution in [0.2, 0.25) is 0 Å². The van der Waals surface area contributed by atoms with Gasteiger partial charge in [-0.1, -0.05) is 24.3 Å². The Morgan fingerprint density at radius 2 is 2.14 bits per heavy atom. The minimum absolute atomic E-state index is 0.297. The van der Waals surface area contributed by atoms with Gasteiger partial charge in [-0.2, -0.15) is 0 Å². The zero-order valence-electron chi connectivity index (χ0n) is 12.4. The van der Waals surface area contributed by atoms with Crippen molar-refractivity contribution < 1.29 is 9.53 Å². The van der Waals surface area contributed by atoms with Crippen molar-refractivity contribution in [2.75, 3.05) is 6.61 Å². The summed E-state index contributed by atoms with van der Waals surface area (Å²) in [6, 6.07) is 8.61. The molecule has 1 aliphatic carbocycles. The molecule has 0 aliphatic heterocycles. The standard InChI is InChI=1S/C17H19NO2S/c1-3-20-17(19)15-11(2)21-16(18-15)14-9-8-12-6-4-5-7-13(12)10-14/h4-7,14H,3,8-10H2,1-2H3. The smallest absolute Gasteiger partial charge is 0.358 e. The highest BCUT2D eigenvalue weighted by atomic mass is 32.1. The van der Waals surface area contributed by atoms with Crippen molar-refractivity contribution in [3.63, 3.8) is 0 Å². The largest absolute Gasteiger partial charge is 0.461 e. The maximum absolute atomic E-state index is 11.9. The van der Waals surface area contributed by atoms with Gasteiger partial charge >= 0.3 is 5.97 Å². The Hall–Kier alpha value is -1.68. The van der Waals surface area contributed by atoms with Crippen LogP contribution in [0.4, 0.5) is 0 Å². The fourth-order valence-corrected chi connectivity index (χ4v) is 3.93. The number of carbonyl (C=O) groups excluding carboxylic acids is 1. The zero-order chi connectivity index (χ0) is 14.8. The molecule has 110 valence electrons. The van der Waals surface area contributed by atoms with E-state index in [1.165, 1.54) is 11.1 Å². The van der Waals surface area contributed by atoms with Crippen molar-refractivity contribution >= 4 is 17.3 Å². The maximum atomic E-state index is 11.9. The van der Waals surface area contributed by atoms with E-state index in [0.29, 0.717) is 18.2 Å². The molecule has 1 atom stereocenters. The predicted octanol–water partition coefficient (Wildman–Crippen LogP) is 3.90. The first-order valence-electron chi connectivity index (χ1n) is 7.40. The predicted molar refractivity (Wildman–Crippen MR) is 84.0 cm³/mol. The van der Waals surface area contributed by atoms with E-state index < -0.39 is 0 Å². The van der Waals surface area contributed by atoms with Gasteiger partial charge in [0.05, 0.1) is 11.6 Å². The number of hydrogen-bond donors (Lipinski definition) is 0. The molecule has 0 bridgehead atoms. The third-order valence-corrected chi connectivity index (χ3v) is 5.11. The topological polar surface area (TPSA) is 39.2 Å².